The first kappa shape index (κ1) is 16.4. The van der Waals surface area contributed by atoms with Crippen molar-refractivity contribution >= 4 is 35.2 Å². The number of hydrogen-bond acceptors (Lipinski definition) is 4. The van der Waals surface area contributed by atoms with E-state index in [9.17, 15) is 14.7 Å². The number of aliphatic carboxylic acids is 1. The van der Waals surface area contributed by atoms with Crippen molar-refractivity contribution in [2.75, 3.05) is 4.90 Å². The maximum Gasteiger partial charge on any atom is 0.419 e. The highest BCUT2D eigenvalue weighted by Gasteiger charge is 2.33. The maximum absolute atomic E-state index is 12.8. The van der Waals surface area contributed by atoms with Crippen molar-refractivity contribution in [1.82, 2.24) is 0 Å². The lowest BCUT2D eigenvalue weighted by molar-refractivity contribution is -0.148. The van der Waals surface area contributed by atoms with Crippen molar-refractivity contribution in [3.8, 4) is 0 Å². The fraction of sp³-hybridized carbons (Fsp3) is 0.222. The van der Waals surface area contributed by atoms with Gasteiger partial charge in [-0.3, -0.25) is 0 Å². The number of fused-ring (bicyclic) bond motifs is 2. The number of para-hydroxylation sites is 2. The molecule has 24 heavy (non-hydrogen) atoms. The largest absolute Gasteiger partial charge is 0.478 e. The van der Waals surface area contributed by atoms with Gasteiger partial charge < -0.3 is 9.84 Å². The molecule has 3 rings (SSSR count). The van der Waals surface area contributed by atoms with Crippen molar-refractivity contribution < 1.29 is 19.4 Å². The lowest BCUT2D eigenvalue weighted by Gasteiger charge is -2.31. The zero-order valence-electron chi connectivity index (χ0n) is 13.3. The summed E-state index contributed by atoms with van der Waals surface area (Å²) in [4.78, 5) is 27.4. The highest BCUT2D eigenvalue weighted by atomic mass is 32.2. The number of ether oxygens (including phenoxy) is 1. The summed E-state index contributed by atoms with van der Waals surface area (Å²) in [6.45, 7) is 3.42. The SMILES string of the molecule is CC(C)[C@H](OC(=O)N1c2ccccc2Sc2ccccc21)C(=O)O. The quantitative estimate of drug-likeness (QED) is 0.886. The molecule has 1 amide bonds. The van der Waals surface area contributed by atoms with Crippen molar-refractivity contribution in [1.29, 1.82) is 0 Å². The number of hydrogen-bond donors (Lipinski definition) is 1. The van der Waals surface area contributed by atoms with E-state index < -0.39 is 18.2 Å². The minimum atomic E-state index is -1.19. The Labute approximate surface area is 144 Å². The van der Waals surface area contributed by atoms with Gasteiger partial charge in [-0.05, 0) is 24.3 Å². The number of carboxylic acids is 1. The van der Waals surface area contributed by atoms with Crippen LogP contribution in [0.5, 0.6) is 0 Å². The van der Waals surface area contributed by atoms with Gasteiger partial charge in [-0.15, -0.1) is 0 Å². The van der Waals surface area contributed by atoms with E-state index >= 15 is 0 Å². The van der Waals surface area contributed by atoms with Crippen LogP contribution in [0.3, 0.4) is 0 Å². The second-order valence-electron chi connectivity index (χ2n) is 5.76. The van der Waals surface area contributed by atoms with Gasteiger partial charge in [-0.25, -0.2) is 14.5 Å². The van der Waals surface area contributed by atoms with Crippen LogP contribution >= 0.6 is 11.8 Å². The van der Waals surface area contributed by atoms with Crippen LogP contribution in [0.15, 0.2) is 58.3 Å². The van der Waals surface area contributed by atoms with Crippen molar-refractivity contribution in [3.05, 3.63) is 48.5 Å². The monoisotopic (exact) mass is 343 g/mol. The summed E-state index contributed by atoms with van der Waals surface area (Å²) >= 11 is 1.57. The van der Waals surface area contributed by atoms with Crippen molar-refractivity contribution in [2.24, 2.45) is 5.92 Å². The van der Waals surface area contributed by atoms with Gasteiger partial charge in [0, 0.05) is 15.7 Å². The Morgan fingerprint density at radius 3 is 1.96 bits per heavy atom. The predicted octanol–water partition coefficient (Wildman–Crippen LogP) is 4.54. The second kappa shape index (κ2) is 6.57. The molecule has 0 fully saturated rings. The average Bonchev–Trinajstić information content (AvgIpc) is 2.56. The molecule has 1 aliphatic heterocycles. The fourth-order valence-corrected chi connectivity index (χ4v) is 3.59. The predicted molar refractivity (Wildman–Crippen MR) is 91.9 cm³/mol. The third-order valence-electron chi connectivity index (χ3n) is 3.69. The Balaban J connectivity index is 2.01. The molecule has 0 saturated heterocycles. The molecule has 1 aliphatic rings. The molecule has 0 aromatic heterocycles. The van der Waals surface area contributed by atoms with Crippen molar-refractivity contribution in [2.45, 2.75) is 29.7 Å². The molecule has 0 aliphatic carbocycles. The second-order valence-corrected chi connectivity index (χ2v) is 6.84. The van der Waals surface area contributed by atoms with Gasteiger partial charge in [0.25, 0.3) is 0 Å². The Bertz CT molecular complexity index is 745. The molecule has 5 nitrogen and oxygen atoms in total. The number of nitrogens with zero attached hydrogens (tertiary/aromatic N) is 1. The number of amides is 1. The summed E-state index contributed by atoms with van der Waals surface area (Å²) in [5.41, 5.74) is 1.39. The normalized spacial score (nSPS) is 13.9. The van der Waals surface area contributed by atoms with Crippen LogP contribution in [-0.4, -0.2) is 23.3 Å². The summed E-state index contributed by atoms with van der Waals surface area (Å²) in [5, 5.41) is 9.28. The summed E-state index contributed by atoms with van der Waals surface area (Å²) in [7, 11) is 0. The molecule has 124 valence electrons. The van der Waals surface area contributed by atoms with E-state index in [0.29, 0.717) is 11.4 Å². The first-order valence-corrected chi connectivity index (χ1v) is 8.40. The van der Waals surface area contributed by atoms with Crippen LogP contribution in [0.1, 0.15) is 13.8 Å². The van der Waals surface area contributed by atoms with Gasteiger partial charge in [-0.1, -0.05) is 49.9 Å². The van der Waals surface area contributed by atoms with Crippen LogP contribution in [0.2, 0.25) is 0 Å². The van der Waals surface area contributed by atoms with Crippen LogP contribution in [0.4, 0.5) is 16.2 Å². The zero-order valence-corrected chi connectivity index (χ0v) is 14.1. The first-order valence-electron chi connectivity index (χ1n) is 7.58. The van der Waals surface area contributed by atoms with E-state index in [4.69, 9.17) is 4.74 Å². The first-order chi connectivity index (χ1) is 11.5. The van der Waals surface area contributed by atoms with Gasteiger partial charge in [0.15, 0.2) is 0 Å². The molecule has 1 atom stereocenters. The third kappa shape index (κ3) is 2.97. The lowest BCUT2D eigenvalue weighted by atomic mass is 10.1. The summed E-state index contributed by atoms with van der Waals surface area (Å²) < 4.78 is 5.30. The minimum absolute atomic E-state index is 0.323. The molecule has 2 aromatic rings. The number of rotatable bonds is 3. The molecular weight excluding hydrogens is 326 g/mol. The standard InChI is InChI=1S/C18H17NO4S/c1-11(2)16(17(20)21)23-18(22)19-12-7-3-5-9-14(12)24-15-10-6-4-8-13(15)19/h3-11,16H,1-2H3,(H,20,21)/t16-/m0/s1. The van der Waals surface area contributed by atoms with Crippen LogP contribution in [0, 0.1) is 5.92 Å². The summed E-state index contributed by atoms with van der Waals surface area (Å²) in [6, 6.07) is 15.0. The zero-order chi connectivity index (χ0) is 17.3. The van der Waals surface area contributed by atoms with Gasteiger partial charge >= 0.3 is 12.1 Å². The molecule has 6 heteroatoms. The van der Waals surface area contributed by atoms with Crippen molar-refractivity contribution in [3.63, 3.8) is 0 Å². The molecule has 0 saturated carbocycles. The van der Waals surface area contributed by atoms with E-state index in [0.717, 1.165) is 9.79 Å². The molecule has 2 aromatic carbocycles. The van der Waals surface area contributed by atoms with Crippen LogP contribution < -0.4 is 4.90 Å². The lowest BCUT2D eigenvalue weighted by Crippen LogP contribution is -2.38. The number of carbonyl (C=O) groups excluding carboxylic acids is 1. The highest BCUT2D eigenvalue weighted by Crippen LogP contribution is 2.48. The van der Waals surface area contributed by atoms with E-state index in [1.54, 1.807) is 25.6 Å². The average molecular weight is 343 g/mol. The maximum atomic E-state index is 12.8. The molecule has 1 N–H and O–H groups in total. The number of anilines is 2. The van der Waals surface area contributed by atoms with E-state index in [1.165, 1.54) is 4.90 Å². The Hall–Kier alpha value is -2.47. The molecule has 1 heterocycles. The molecular formula is C18H17NO4S. The Morgan fingerprint density at radius 1 is 1.00 bits per heavy atom. The van der Waals surface area contributed by atoms with Gasteiger partial charge in [0.2, 0.25) is 6.10 Å². The number of benzene rings is 2. The van der Waals surface area contributed by atoms with Gasteiger partial charge in [-0.2, -0.15) is 0 Å². The summed E-state index contributed by atoms with van der Waals surface area (Å²) in [6.07, 6.45) is -1.87. The highest BCUT2D eigenvalue weighted by molar-refractivity contribution is 7.99. The topological polar surface area (TPSA) is 66.8 Å². The number of carbonyl (C=O) groups is 2. The Kier molecular flexibility index (Phi) is 4.49. The Morgan fingerprint density at radius 2 is 1.50 bits per heavy atom. The van der Waals surface area contributed by atoms with E-state index in [-0.39, 0.29) is 5.92 Å². The molecule has 0 bridgehead atoms. The van der Waals surface area contributed by atoms with Crippen LogP contribution in [0.25, 0.3) is 0 Å². The van der Waals surface area contributed by atoms with E-state index in [2.05, 4.69) is 0 Å². The number of carboxylic acid groups (broad SMARTS) is 1. The molecule has 0 radical (unpaired) electrons. The minimum Gasteiger partial charge on any atom is -0.478 e. The molecule has 0 unspecified atom stereocenters. The fourth-order valence-electron chi connectivity index (χ4n) is 2.53. The third-order valence-corrected chi connectivity index (χ3v) is 4.82. The van der Waals surface area contributed by atoms with Crippen LogP contribution in [-0.2, 0) is 9.53 Å². The van der Waals surface area contributed by atoms with Gasteiger partial charge in [0.05, 0.1) is 11.4 Å². The molecule has 0 spiro atoms. The smallest absolute Gasteiger partial charge is 0.419 e. The summed E-state index contributed by atoms with van der Waals surface area (Å²) in [5.74, 6) is -1.47. The van der Waals surface area contributed by atoms with Gasteiger partial charge in [0.1, 0.15) is 0 Å². The van der Waals surface area contributed by atoms with E-state index in [1.807, 2.05) is 48.5 Å².